The highest BCUT2D eigenvalue weighted by molar-refractivity contribution is 5.28. The zero-order valence-corrected chi connectivity index (χ0v) is 9.89. The van der Waals surface area contributed by atoms with E-state index >= 15 is 0 Å². The SMILES string of the molecule is CC(N)c1cccc(C2CCCC(O)C2)c1. The predicted molar refractivity (Wildman–Crippen MR) is 66.3 cm³/mol. The summed E-state index contributed by atoms with van der Waals surface area (Å²) in [4.78, 5) is 0. The molecular weight excluding hydrogens is 198 g/mol. The molecule has 0 amide bonds. The van der Waals surface area contributed by atoms with E-state index in [-0.39, 0.29) is 12.1 Å². The van der Waals surface area contributed by atoms with Crippen molar-refractivity contribution in [1.29, 1.82) is 0 Å². The smallest absolute Gasteiger partial charge is 0.0546 e. The second kappa shape index (κ2) is 4.98. The number of rotatable bonds is 2. The Hall–Kier alpha value is -0.860. The van der Waals surface area contributed by atoms with Gasteiger partial charge in [0, 0.05) is 6.04 Å². The van der Waals surface area contributed by atoms with Crippen LogP contribution in [0.2, 0.25) is 0 Å². The Morgan fingerprint density at radius 1 is 1.38 bits per heavy atom. The molecule has 1 aliphatic carbocycles. The second-order valence-electron chi connectivity index (χ2n) is 4.98. The lowest BCUT2D eigenvalue weighted by molar-refractivity contribution is 0.119. The molecule has 1 aromatic carbocycles. The molecule has 1 saturated carbocycles. The largest absolute Gasteiger partial charge is 0.393 e. The summed E-state index contributed by atoms with van der Waals surface area (Å²) in [5, 5.41) is 9.69. The summed E-state index contributed by atoms with van der Waals surface area (Å²) in [6.07, 6.45) is 4.08. The lowest BCUT2D eigenvalue weighted by atomic mass is 9.82. The highest BCUT2D eigenvalue weighted by Crippen LogP contribution is 2.33. The van der Waals surface area contributed by atoms with Gasteiger partial charge in [-0.15, -0.1) is 0 Å². The fraction of sp³-hybridized carbons (Fsp3) is 0.571. The van der Waals surface area contributed by atoms with Crippen LogP contribution < -0.4 is 5.73 Å². The van der Waals surface area contributed by atoms with Gasteiger partial charge in [-0.3, -0.25) is 0 Å². The summed E-state index contributed by atoms with van der Waals surface area (Å²) >= 11 is 0. The van der Waals surface area contributed by atoms with Crippen LogP contribution in [-0.4, -0.2) is 11.2 Å². The third kappa shape index (κ3) is 2.63. The number of nitrogens with two attached hydrogens (primary N) is 1. The number of hydrogen-bond acceptors (Lipinski definition) is 2. The van der Waals surface area contributed by atoms with Crippen molar-refractivity contribution < 1.29 is 5.11 Å². The molecule has 88 valence electrons. The summed E-state index contributed by atoms with van der Waals surface area (Å²) in [5.74, 6) is 0.516. The number of benzene rings is 1. The Kier molecular flexibility index (Phi) is 3.62. The molecule has 2 rings (SSSR count). The Labute approximate surface area is 97.5 Å². The molecule has 3 unspecified atom stereocenters. The molecule has 1 fully saturated rings. The second-order valence-corrected chi connectivity index (χ2v) is 4.98. The van der Waals surface area contributed by atoms with E-state index in [0.717, 1.165) is 19.3 Å². The molecule has 0 radical (unpaired) electrons. The monoisotopic (exact) mass is 219 g/mol. The predicted octanol–water partition coefficient (Wildman–Crippen LogP) is 2.72. The molecule has 0 aliphatic heterocycles. The van der Waals surface area contributed by atoms with Crippen molar-refractivity contribution >= 4 is 0 Å². The molecule has 0 spiro atoms. The highest BCUT2D eigenvalue weighted by atomic mass is 16.3. The third-order valence-corrected chi connectivity index (χ3v) is 3.55. The van der Waals surface area contributed by atoms with Crippen LogP contribution in [0.5, 0.6) is 0 Å². The average Bonchev–Trinajstić information content (AvgIpc) is 2.29. The van der Waals surface area contributed by atoms with Gasteiger partial charge < -0.3 is 10.8 Å². The molecule has 3 atom stereocenters. The van der Waals surface area contributed by atoms with Gasteiger partial charge in [0.05, 0.1) is 6.10 Å². The van der Waals surface area contributed by atoms with Crippen molar-refractivity contribution in [1.82, 2.24) is 0 Å². The molecule has 1 aromatic rings. The van der Waals surface area contributed by atoms with E-state index < -0.39 is 0 Å². The minimum atomic E-state index is -0.113. The van der Waals surface area contributed by atoms with Crippen LogP contribution in [-0.2, 0) is 0 Å². The van der Waals surface area contributed by atoms with Crippen LogP contribution in [0, 0.1) is 0 Å². The summed E-state index contributed by atoms with van der Waals surface area (Å²) in [6.45, 7) is 2.01. The minimum absolute atomic E-state index is 0.0912. The molecule has 0 saturated heterocycles. The number of hydrogen-bond donors (Lipinski definition) is 2. The van der Waals surface area contributed by atoms with Gasteiger partial charge in [-0.2, -0.15) is 0 Å². The van der Waals surface area contributed by atoms with E-state index in [1.54, 1.807) is 0 Å². The van der Waals surface area contributed by atoms with Gasteiger partial charge in [-0.25, -0.2) is 0 Å². The number of aliphatic hydroxyl groups is 1. The highest BCUT2D eigenvalue weighted by Gasteiger charge is 2.21. The fourth-order valence-electron chi connectivity index (χ4n) is 2.56. The standard InChI is InChI=1S/C14H21NO/c1-10(15)11-4-2-5-12(8-11)13-6-3-7-14(16)9-13/h2,4-5,8,10,13-14,16H,3,6-7,9,15H2,1H3. The van der Waals surface area contributed by atoms with Crippen LogP contribution in [0.25, 0.3) is 0 Å². The first kappa shape index (κ1) is 11.6. The van der Waals surface area contributed by atoms with Crippen molar-refractivity contribution in [3.8, 4) is 0 Å². The van der Waals surface area contributed by atoms with Gasteiger partial charge >= 0.3 is 0 Å². The van der Waals surface area contributed by atoms with Crippen molar-refractivity contribution in [2.24, 2.45) is 5.73 Å². The molecular formula is C14H21NO. The first-order valence-electron chi connectivity index (χ1n) is 6.20. The van der Waals surface area contributed by atoms with E-state index in [9.17, 15) is 5.11 Å². The van der Waals surface area contributed by atoms with Crippen LogP contribution in [0.1, 0.15) is 55.7 Å². The van der Waals surface area contributed by atoms with Gasteiger partial charge in [0.15, 0.2) is 0 Å². The lowest BCUT2D eigenvalue weighted by Crippen LogP contribution is -2.18. The van der Waals surface area contributed by atoms with Crippen molar-refractivity contribution in [3.05, 3.63) is 35.4 Å². The Morgan fingerprint density at radius 3 is 2.88 bits per heavy atom. The third-order valence-electron chi connectivity index (χ3n) is 3.55. The van der Waals surface area contributed by atoms with Crippen LogP contribution in [0.3, 0.4) is 0 Å². The maximum atomic E-state index is 9.69. The van der Waals surface area contributed by atoms with Crippen LogP contribution in [0.4, 0.5) is 0 Å². The van der Waals surface area contributed by atoms with Crippen LogP contribution >= 0.6 is 0 Å². The van der Waals surface area contributed by atoms with E-state index in [1.807, 2.05) is 6.92 Å². The first-order valence-corrected chi connectivity index (χ1v) is 6.20. The molecule has 1 aliphatic rings. The van der Waals surface area contributed by atoms with Gasteiger partial charge in [0.25, 0.3) is 0 Å². The van der Waals surface area contributed by atoms with E-state index in [0.29, 0.717) is 5.92 Å². The maximum Gasteiger partial charge on any atom is 0.0546 e. The fourth-order valence-corrected chi connectivity index (χ4v) is 2.56. The molecule has 2 nitrogen and oxygen atoms in total. The van der Waals surface area contributed by atoms with Crippen LogP contribution in [0.15, 0.2) is 24.3 Å². The number of aliphatic hydroxyl groups excluding tert-OH is 1. The Bertz CT molecular complexity index is 348. The molecule has 16 heavy (non-hydrogen) atoms. The summed E-state index contributed by atoms with van der Waals surface area (Å²) in [7, 11) is 0. The Balaban J connectivity index is 2.16. The lowest BCUT2D eigenvalue weighted by Gasteiger charge is -2.26. The first-order chi connectivity index (χ1) is 7.66. The van der Waals surface area contributed by atoms with E-state index in [1.165, 1.54) is 17.5 Å². The van der Waals surface area contributed by atoms with E-state index in [2.05, 4.69) is 24.3 Å². The van der Waals surface area contributed by atoms with Crippen molar-refractivity contribution in [2.75, 3.05) is 0 Å². The molecule has 0 aromatic heterocycles. The maximum absolute atomic E-state index is 9.69. The van der Waals surface area contributed by atoms with Gasteiger partial charge in [-0.05, 0) is 43.2 Å². The zero-order chi connectivity index (χ0) is 11.5. The quantitative estimate of drug-likeness (QED) is 0.803. The minimum Gasteiger partial charge on any atom is -0.393 e. The average molecular weight is 219 g/mol. The van der Waals surface area contributed by atoms with Gasteiger partial charge in [-0.1, -0.05) is 30.7 Å². The topological polar surface area (TPSA) is 46.2 Å². The van der Waals surface area contributed by atoms with Crippen molar-refractivity contribution in [3.63, 3.8) is 0 Å². The summed E-state index contributed by atoms with van der Waals surface area (Å²) in [6, 6.07) is 8.61. The van der Waals surface area contributed by atoms with E-state index in [4.69, 9.17) is 5.73 Å². The summed E-state index contributed by atoms with van der Waals surface area (Å²) in [5.41, 5.74) is 8.42. The Morgan fingerprint density at radius 2 is 2.19 bits per heavy atom. The van der Waals surface area contributed by atoms with Crippen molar-refractivity contribution in [2.45, 2.75) is 50.7 Å². The molecule has 3 N–H and O–H groups in total. The van der Waals surface area contributed by atoms with Gasteiger partial charge in [0.1, 0.15) is 0 Å². The normalized spacial score (nSPS) is 27.7. The molecule has 2 heteroatoms. The molecule has 0 heterocycles. The summed E-state index contributed by atoms with van der Waals surface area (Å²) < 4.78 is 0. The van der Waals surface area contributed by atoms with Gasteiger partial charge in [0.2, 0.25) is 0 Å². The zero-order valence-electron chi connectivity index (χ0n) is 9.89. The molecule has 0 bridgehead atoms.